The number of fused-ring (bicyclic) bond motifs is 1. The highest BCUT2D eigenvalue weighted by Crippen LogP contribution is 2.17. The first-order valence-corrected chi connectivity index (χ1v) is 7.51. The smallest absolute Gasteiger partial charge is 0.109 e. The fourth-order valence-electron chi connectivity index (χ4n) is 2.50. The third-order valence-corrected chi connectivity index (χ3v) is 3.48. The second kappa shape index (κ2) is 7.29. The van der Waals surface area contributed by atoms with Crippen molar-refractivity contribution < 1.29 is 0 Å². The number of unbranched alkanes of at least 4 members (excludes halogenated alkanes) is 1. The van der Waals surface area contributed by atoms with Gasteiger partial charge in [0.25, 0.3) is 0 Å². The number of para-hydroxylation sites is 2. The van der Waals surface area contributed by atoms with E-state index >= 15 is 0 Å². The fourth-order valence-corrected chi connectivity index (χ4v) is 2.50. The van der Waals surface area contributed by atoms with Crippen molar-refractivity contribution in [2.24, 2.45) is 0 Å². The molecule has 0 bridgehead atoms. The maximum atomic E-state index is 4.76. The zero-order chi connectivity index (χ0) is 13.5. The molecule has 1 aromatic carbocycles. The van der Waals surface area contributed by atoms with Gasteiger partial charge in [0.2, 0.25) is 0 Å². The summed E-state index contributed by atoms with van der Waals surface area (Å²) >= 11 is 0. The predicted octanol–water partition coefficient (Wildman–Crippen LogP) is 3.38. The Morgan fingerprint density at radius 3 is 2.74 bits per heavy atom. The van der Waals surface area contributed by atoms with E-state index in [2.05, 4.69) is 48.0 Å². The Balaban J connectivity index is 1.93. The molecule has 0 aliphatic carbocycles. The van der Waals surface area contributed by atoms with Crippen LogP contribution in [0.25, 0.3) is 11.0 Å². The topological polar surface area (TPSA) is 29.9 Å². The second-order valence-corrected chi connectivity index (χ2v) is 4.97. The van der Waals surface area contributed by atoms with Gasteiger partial charge in [0.15, 0.2) is 0 Å². The molecule has 0 atom stereocenters. The summed E-state index contributed by atoms with van der Waals surface area (Å²) in [5.41, 5.74) is 2.40. The van der Waals surface area contributed by atoms with Crippen molar-refractivity contribution in [3.8, 4) is 0 Å². The van der Waals surface area contributed by atoms with E-state index in [0.717, 1.165) is 31.6 Å². The molecule has 2 aromatic rings. The number of hydrogen-bond donors (Lipinski definition) is 1. The minimum atomic E-state index is 1.00. The van der Waals surface area contributed by atoms with Gasteiger partial charge in [-0.25, -0.2) is 4.98 Å². The second-order valence-electron chi connectivity index (χ2n) is 4.97. The maximum absolute atomic E-state index is 4.76. The Hall–Kier alpha value is -1.35. The first kappa shape index (κ1) is 14.1. The molecule has 19 heavy (non-hydrogen) atoms. The van der Waals surface area contributed by atoms with E-state index < -0.39 is 0 Å². The van der Waals surface area contributed by atoms with Crippen LogP contribution in [0.1, 0.15) is 38.9 Å². The van der Waals surface area contributed by atoms with Crippen LogP contribution in [0.3, 0.4) is 0 Å². The van der Waals surface area contributed by atoms with Gasteiger partial charge in [0, 0.05) is 13.0 Å². The zero-order valence-electron chi connectivity index (χ0n) is 12.2. The minimum absolute atomic E-state index is 1.00. The van der Waals surface area contributed by atoms with Crippen molar-refractivity contribution in [3.63, 3.8) is 0 Å². The van der Waals surface area contributed by atoms with Gasteiger partial charge < -0.3 is 9.88 Å². The first-order valence-electron chi connectivity index (χ1n) is 7.51. The third-order valence-electron chi connectivity index (χ3n) is 3.48. The lowest BCUT2D eigenvalue weighted by molar-refractivity contribution is 0.599. The lowest BCUT2D eigenvalue weighted by Gasteiger charge is -2.06. The lowest BCUT2D eigenvalue weighted by Crippen LogP contribution is -2.16. The molecular weight excluding hydrogens is 234 g/mol. The van der Waals surface area contributed by atoms with E-state index in [-0.39, 0.29) is 0 Å². The van der Waals surface area contributed by atoms with Crippen molar-refractivity contribution >= 4 is 11.0 Å². The number of nitrogens with zero attached hydrogens (tertiary/aromatic N) is 2. The molecule has 0 saturated heterocycles. The average molecular weight is 259 g/mol. The van der Waals surface area contributed by atoms with Gasteiger partial charge in [-0.2, -0.15) is 0 Å². The Bertz CT molecular complexity index is 502. The summed E-state index contributed by atoms with van der Waals surface area (Å²) in [7, 11) is 0. The van der Waals surface area contributed by atoms with Crippen LogP contribution in [0, 0.1) is 0 Å². The first-order chi connectivity index (χ1) is 9.36. The van der Waals surface area contributed by atoms with Crippen LogP contribution in [-0.4, -0.2) is 22.6 Å². The van der Waals surface area contributed by atoms with Crippen molar-refractivity contribution in [2.45, 2.75) is 46.1 Å². The fraction of sp³-hybridized carbons (Fsp3) is 0.562. The molecule has 1 heterocycles. The average Bonchev–Trinajstić information content (AvgIpc) is 2.80. The van der Waals surface area contributed by atoms with Gasteiger partial charge in [-0.3, -0.25) is 0 Å². The molecule has 0 radical (unpaired) electrons. The molecular formula is C16H25N3. The van der Waals surface area contributed by atoms with Gasteiger partial charge in [0.05, 0.1) is 11.0 Å². The summed E-state index contributed by atoms with van der Waals surface area (Å²) in [5, 5.41) is 3.45. The maximum Gasteiger partial charge on any atom is 0.109 e. The normalized spacial score (nSPS) is 11.3. The van der Waals surface area contributed by atoms with Gasteiger partial charge in [-0.05, 0) is 51.4 Å². The van der Waals surface area contributed by atoms with Crippen molar-refractivity contribution in [1.82, 2.24) is 14.9 Å². The molecule has 0 aliphatic rings. The Kier molecular flexibility index (Phi) is 5.40. The number of hydrogen-bond acceptors (Lipinski definition) is 2. The lowest BCUT2D eigenvalue weighted by atomic mass is 10.2. The van der Waals surface area contributed by atoms with Crippen LogP contribution in [-0.2, 0) is 13.0 Å². The van der Waals surface area contributed by atoms with Crippen LogP contribution in [0.5, 0.6) is 0 Å². The van der Waals surface area contributed by atoms with E-state index in [1.165, 1.54) is 30.6 Å². The van der Waals surface area contributed by atoms with E-state index in [9.17, 15) is 0 Å². The van der Waals surface area contributed by atoms with E-state index in [1.54, 1.807) is 0 Å². The van der Waals surface area contributed by atoms with Crippen LogP contribution < -0.4 is 5.32 Å². The summed E-state index contributed by atoms with van der Waals surface area (Å²) in [5.74, 6) is 1.24. The van der Waals surface area contributed by atoms with E-state index in [1.807, 2.05) is 0 Å². The predicted molar refractivity (Wildman–Crippen MR) is 81.5 cm³/mol. The van der Waals surface area contributed by atoms with Crippen LogP contribution in [0.4, 0.5) is 0 Å². The largest absolute Gasteiger partial charge is 0.328 e. The van der Waals surface area contributed by atoms with Gasteiger partial charge >= 0.3 is 0 Å². The van der Waals surface area contributed by atoms with E-state index in [0.29, 0.717) is 0 Å². The van der Waals surface area contributed by atoms with E-state index in [4.69, 9.17) is 4.98 Å². The van der Waals surface area contributed by atoms with Crippen molar-refractivity contribution in [2.75, 3.05) is 13.1 Å². The summed E-state index contributed by atoms with van der Waals surface area (Å²) in [6.07, 6.45) is 4.73. The molecule has 0 fully saturated rings. The molecule has 0 aliphatic heterocycles. The number of aromatic nitrogens is 2. The minimum Gasteiger partial charge on any atom is -0.328 e. The number of aryl methyl sites for hydroxylation is 2. The molecule has 1 N–H and O–H groups in total. The molecule has 0 spiro atoms. The SMILES string of the molecule is CCCNCCCCc1nc2ccccc2n1CC. The number of nitrogens with one attached hydrogen (secondary N) is 1. The molecule has 1 aromatic heterocycles. The van der Waals surface area contributed by atoms with Crippen LogP contribution in [0.15, 0.2) is 24.3 Å². The molecule has 3 heteroatoms. The molecule has 2 rings (SSSR count). The standard InChI is InChI=1S/C16H25N3/c1-3-12-17-13-8-7-11-16-18-14-9-5-6-10-15(14)19(16)4-2/h5-6,9-10,17H,3-4,7-8,11-13H2,1-2H3. The van der Waals surface area contributed by atoms with Gasteiger partial charge in [-0.15, -0.1) is 0 Å². The monoisotopic (exact) mass is 259 g/mol. The zero-order valence-corrected chi connectivity index (χ0v) is 12.2. The number of rotatable bonds is 8. The van der Waals surface area contributed by atoms with Crippen molar-refractivity contribution in [1.29, 1.82) is 0 Å². The van der Waals surface area contributed by atoms with Crippen LogP contribution >= 0.6 is 0 Å². The van der Waals surface area contributed by atoms with Gasteiger partial charge in [-0.1, -0.05) is 19.1 Å². The Morgan fingerprint density at radius 1 is 1.11 bits per heavy atom. The molecule has 3 nitrogen and oxygen atoms in total. The summed E-state index contributed by atoms with van der Waals surface area (Å²) in [4.78, 5) is 4.76. The third kappa shape index (κ3) is 3.57. The number of imidazole rings is 1. The van der Waals surface area contributed by atoms with Gasteiger partial charge in [0.1, 0.15) is 5.82 Å². The van der Waals surface area contributed by atoms with Crippen LogP contribution in [0.2, 0.25) is 0 Å². The summed E-state index contributed by atoms with van der Waals surface area (Å²) in [6, 6.07) is 8.42. The highest BCUT2D eigenvalue weighted by Gasteiger charge is 2.07. The Labute approximate surface area is 116 Å². The summed E-state index contributed by atoms with van der Waals surface area (Å²) < 4.78 is 2.34. The van der Waals surface area contributed by atoms with Crippen molar-refractivity contribution in [3.05, 3.63) is 30.1 Å². The molecule has 104 valence electrons. The molecule has 0 unspecified atom stereocenters. The molecule has 0 amide bonds. The quantitative estimate of drug-likeness (QED) is 0.737. The molecule has 0 saturated carbocycles. The highest BCUT2D eigenvalue weighted by atomic mass is 15.1. The summed E-state index contributed by atoms with van der Waals surface area (Å²) in [6.45, 7) is 7.66. The number of benzene rings is 1. The Morgan fingerprint density at radius 2 is 1.95 bits per heavy atom. The highest BCUT2D eigenvalue weighted by molar-refractivity contribution is 5.75.